The van der Waals surface area contributed by atoms with E-state index in [4.69, 9.17) is 4.74 Å². The zero-order valence-corrected chi connectivity index (χ0v) is 14.8. The van der Waals surface area contributed by atoms with Crippen LogP contribution in [0.25, 0.3) is 0 Å². The van der Waals surface area contributed by atoms with Crippen molar-refractivity contribution < 1.29 is 17.9 Å². The minimum Gasteiger partial charge on any atom is -0.381 e. The predicted molar refractivity (Wildman–Crippen MR) is 93.0 cm³/mol. The van der Waals surface area contributed by atoms with E-state index < -0.39 is 11.9 Å². The van der Waals surface area contributed by atoms with Gasteiger partial charge < -0.3 is 20.7 Å². The molecule has 146 valence electrons. The lowest BCUT2D eigenvalue weighted by atomic mass is 10.4. The standard InChI is InChI=1S/C16H25F3N6O/c1-20-14(21-6-2-10-26-11-12-3-4-12)23-8-9-24-15-22-7-5-13(25-15)16(17,18)19/h5,7,12H,2-4,6,8-11H2,1H3,(H2,20,21,23)(H,22,24,25). The number of hydrogen-bond donors (Lipinski definition) is 3. The minimum absolute atomic E-state index is 0.0580. The van der Waals surface area contributed by atoms with Crippen LogP contribution in [0.2, 0.25) is 0 Å². The molecule has 26 heavy (non-hydrogen) atoms. The fourth-order valence-corrected chi connectivity index (χ4v) is 2.09. The largest absolute Gasteiger partial charge is 0.433 e. The summed E-state index contributed by atoms with van der Waals surface area (Å²) in [5, 5.41) is 8.96. The van der Waals surface area contributed by atoms with Gasteiger partial charge in [-0.15, -0.1) is 0 Å². The van der Waals surface area contributed by atoms with E-state index in [-0.39, 0.29) is 5.95 Å². The van der Waals surface area contributed by atoms with E-state index in [1.54, 1.807) is 7.05 Å². The second-order valence-corrected chi connectivity index (χ2v) is 5.99. The quantitative estimate of drug-likeness (QED) is 0.330. The topological polar surface area (TPSA) is 83.5 Å². The lowest BCUT2D eigenvalue weighted by Gasteiger charge is -2.13. The van der Waals surface area contributed by atoms with Crippen molar-refractivity contribution in [2.24, 2.45) is 10.9 Å². The summed E-state index contributed by atoms with van der Waals surface area (Å²) in [4.78, 5) is 11.3. The van der Waals surface area contributed by atoms with Crippen molar-refractivity contribution in [2.45, 2.75) is 25.4 Å². The molecule has 1 saturated carbocycles. The molecule has 1 aliphatic rings. The summed E-state index contributed by atoms with van der Waals surface area (Å²) >= 11 is 0. The molecule has 1 fully saturated rings. The van der Waals surface area contributed by atoms with Crippen LogP contribution in [-0.4, -0.2) is 55.8 Å². The van der Waals surface area contributed by atoms with Crippen molar-refractivity contribution in [1.82, 2.24) is 20.6 Å². The molecule has 1 aliphatic carbocycles. The van der Waals surface area contributed by atoms with Gasteiger partial charge >= 0.3 is 6.18 Å². The van der Waals surface area contributed by atoms with Crippen molar-refractivity contribution in [3.05, 3.63) is 18.0 Å². The first-order chi connectivity index (χ1) is 12.5. The third-order valence-electron chi connectivity index (χ3n) is 3.68. The Hall–Kier alpha value is -2.10. The summed E-state index contributed by atoms with van der Waals surface area (Å²) in [5.74, 6) is 1.34. The fraction of sp³-hybridized carbons (Fsp3) is 0.688. The minimum atomic E-state index is -4.48. The Kier molecular flexibility index (Phi) is 7.89. The maximum Gasteiger partial charge on any atom is 0.433 e. The van der Waals surface area contributed by atoms with Crippen molar-refractivity contribution in [2.75, 3.05) is 45.2 Å². The van der Waals surface area contributed by atoms with Gasteiger partial charge in [0.2, 0.25) is 5.95 Å². The Labute approximate surface area is 150 Å². The van der Waals surface area contributed by atoms with Gasteiger partial charge in [-0.05, 0) is 31.2 Å². The molecule has 0 spiro atoms. The molecule has 0 aliphatic heterocycles. The monoisotopic (exact) mass is 374 g/mol. The molecule has 0 unspecified atom stereocenters. The number of guanidine groups is 1. The molecule has 0 aromatic carbocycles. The molecule has 7 nitrogen and oxygen atoms in total. The molecule has 1 aromatic heterocycles. The summed E-state index contributed by atoms with van der Waals surface area (Å²) < 4.78 is 43.3. The molecular formula is C16H25F3N6O. The van der Waals surface area contributed by atoms with E-state index in [0.29, 0.717) is 19.0 Å². The van der Waals surface area contributed by atoms with Crippen LogP contribution < -0.4 is 16.0 Å². The van der Waals surface area contributed by atoms with E-state index >= 15 is 0 Å². The number of alkyl halides is 3. The number of nitrogens with one attached hydrogen (secondary N) is 3. The lowest BCUT2D eigenvalue weighted by Crippen LogP contribution is -2.40. The lowest BCUT2D eigenvalue weighted by molar-refractivity contribution is -0.141. The van der Waals surface area contributed by atoms with Gasteiger partial charge in [0.25, 0.3) is 0 Å². The zero-order valence-electron chi connectivity index (χ0n) is 14.8. The SMILES string of the molecule is CN=C(NCCCOCC1CC1)NCCNc1nccc(C(F)(F)F)n1. The second-order valence-electron chi connectivity index (χ2n) is 5.99. The number of halogens is 3. The van der Waals surface area contributed by atoms with Gasteiger partial charge in [-0.3, -0.25) is 4.99 Å². The van der Waals surface area contributed by atoms with Crippen molar-refractivity contribution in [3.8, 4) is 0 Å². The number of hydrogen-bond acceptors (Lipinski definition) is 5. The Balaban J connectivity index is 1.57. The van der Waals surface area contributed by atoms with Crippen LogP contribution in [0, 0.1) is 5.92 Å². The van der Waals surface area contributed by atoms with Gasteiger partial charge in [0.05, 0.1) is 0 Å². The Bertz CT molecular complexity index is 577. The normalized spacial score (nSPS) is 15.0. The van der Waals surface area contributed by atoms with Gasteiger partial charge in [-0.1, -0.05) is 0 Å². The van der Waals surface area contributed by atoms with Crippen molar-refractivity contribution >= 4 is 11.9 Å². The molecule has 1 aromatic rings. The zero-order chi connectivity index (χ0) is 18.8. The van der Waals surface area contributed by atoms with Gasteiger partial charge in [0, 0.05) is 46.1 Å². The number of anilines is 1. The van der Waals surface area contributed by atoms with Gasteiger partial charge in [-0.25, -0.2) is 9.97 Å². The summed E-state index contributed by atoms with van der Waals surface area (Å²) in [5.41, 5.74) is -0.968. The van der Waals surface area contributed by atoms with Crippen molar-refractivity contribution in [3.63, 3.8) is 0 Å². The third-order valence-corrected chi connectivity index (χ3v) is 3.68. The highest BCUT2D eigenvalue weighted by atomic mass is 19.4. The first-order valence-electron chi connectivity index (χ1n) is 8.65. The van der Waals surface area contributed by atoms with E-state index in [1.807, 2.05) is 0 Å². The van der Waals surface area contributed by atoms with Crippen LogP contribution in [-0.2, 0) is 10.9 Å². The van der Waals surface area contributed by atoms with E-state index in [0.717, 1.165) is 44.4 Å². The van der Waals surface area contributed by atoms with E-state index in [9.17, 15) is 13.2 Å². The summed E-state index contributed by atoms with van der Waals surface area (Å²) in [6.45, 7) is 3.11. The molecule has 0 atom stereocenters. The average molecular weight is 374 g/mol. The fourth-order valence-electron chi connectivity index (χ4n) is 2.09. The number of aromatic nitrogens is 2. The van der Waals surface area contributed by atoms with Gasteiger partial charge in [-0.2, -0.15) is 13.2 Å². The summed E-state index contributed by atoms with van der Waals surface area (Å²) in [6, 6.07) is 0.837. The highest BCUT2D eigenvalue weighted by Gasteiger charge is 2.32. The van der Waals surface area contributed by atoms with E-state index in [2.05, 4.69) is 30.9 Å². The first-order valence-corrected chi connectivity index (χ1v) is 8.65. The highest BCUT2D eigenvalue weighted by molar-refractivity contribution is 5.79. The van der Waals surface area contributed by atoms with Crippen LogP contribution in [0.1, 0.15) is 25.0 Å². The molecule has 0 amide bonds. The number of rotatable bonds is 10. The molecule has 3 N–H and O–H groups in total. The van der Waals surface area contributed by atoms with Crippen molar-refractivity contribution in [1.29, 1.82) is 0 Å². The molecular weight excluding hydrogens is 349 g/mol. The van der Waals surface area contributed by atoms with Gasteiger partial charge in [0.15, 0.2) is 5.96 Å². The predicted octanol–water partition coefficient (Wildman–Crippen LogP) is 1.89. The second kappa shape index (κ2) is 10.1. The van der Waals surface area contributed by atoms with Crippen LogP contribution in [0.4, 0.5) is 19.1 Å². The smallest absolute Gasteiger partial charge is 0.381 e. The van der Waals surface area contributed by atoms with Crippen LogP contribution in [0.5, 0.6) is 0 Å². The van der Waals surface area contributed by atoms with Crippen LogP contribution in [0.3, 0.4) is 0 Å². The summed E-state index contributed by atoms with van der Waals surface area (Å²) in [7, 11) is 1.66. The maximum absolute atomic E-state index is 12.6. The van der Waals surface area contributed by atoms with Gasteiger partial charge in [0.1, 0.15) is 5.69 Å². The Morgan fingerprint density at radius 2 is 2.04 bits per heavy atom. The molecule has 1 heterocycles. The van der Waals surface area contributed by atoms with Crippen LogP contribution in [0.15, 0.2) is 17.3 Å². The summed E-state index contributed by atoms with van der Waals surface area (Å²) in [6.07, 6.45) is 0.0514. The number of ether oxygens (including phenoxy) is 1. The maximum atomic E-state index is 12.6. The number of nitrogens with zero attached hydrogens (tertiary/aromatic N) is 3. The third kappa shape index (κ3) is 7.85. The van der Waals surface area contributed by atoms with E-state index in [1.165, 1.54) is 12.8 Å². The molecule has 0 bridgehead atoms. The Morgan fingerprint density at radius 1 is 1.27 bits per heavy atom. The molecule has 0 radical (unpaired) electrons. The number of aliphatic imine (C=N–C) groups is 1. The Morgan fingerprint density at radius 3 is 2.73 bits per heavy atom. The van der Waals surface area contributed by atoms with Crippen LogP contribution >= 0.6 is 0 Å². The highest BCUT2D eigenvalue weighted by Crippen LogP contribution is 2.28. The first kappa shape index (κ1) is 20.2. The average Bonchev–Trinajstić information content (AvgIpc) is 3.43. The molecule has 0 saturated heterocycles. The molecule has 10 heteroatoms. The molecule has 2 rings (SSSR count).